The molecule has 0 unspecified atom stereocenters. The monoisotopic (exact) mass is 319 g/mol. The molecule has 5 heteroatoms. The molecule has 0 aromatic heterocycles. The maximum Gasteiger partial charge on any atom is 0.124 e. The Kier molecular flexibility index (Phi) is 7.52. The van der Waals surface area contributed by atoms with Gasteiger partial charge in [-0.1, -0.05) is 30.3 Å². The number of aliphatic hydroxyl groups excluding tert-OH is 1. The van der Waals surface area contributed by atoms with Crippen molar-refractivity contribution in [1.29, 1.82) is 0 Å². The average Bonchev–Trinajstić information content (AvgIpc) is 2.58. The number of nitrogens with one attached hydrogen (secondary N) is 1. The molecule has 124 valence electrons. The smallest absolute Gasteiger partial charge is 0.124 e. The van der Waals surface area contributed by atoms with E-state index >= 15 is 0 Å². The van der Waals surface area contributed by atoms with E-state index in [0.717, 1.165) is 16.9 Å². The van der Waals surface area contributed by atoms with Gasteiger partial charge in [0, 0.05) is 18.7 Å². The molecule has 2 N–H and O–H groups in total. The Bertz CT molecular complexity index is 575. The van der Waals surface area contributed by atoms with Crippen molar-refractivity contribution in [3.8, 4) is 5.75 Å². The van der Waals surface area contributed by atoms with Crippen LogP contribution in [0, 0.1) is 5.82 Å². The van der Waals surface area contributed by atoms with Crippen molar-refractivity contribution in [1.82, 2.24) is 5.32 Å². The summed E-state index contributed by atoms with van der Waals surface area (Å²) in [6, 6.07) is 14.1. The van der Waals surface area contributed by atoms with E-state index in [-0.39, 0.29) is 12.4 Å². The number of hydrogen-bond donors (Lipinski definition) is 2. The molecule has 0 saturated heterocycles. The molecule has 2 aromatic rings. The summed E-state index contributed by atoms with van der Waals surface area (Å²) < 4.78 is 23.9. The van der Waals surface area contributed by atoms with Crippen molar-refractivity contribution in [2.45, 2.75) is 13.2 Å². The first kappa shape index (κ1) is 17.4. The van der Waals surface area contributed by atoms with Crippen molar-refractivity contribution in [2.24, 2.45) is 0 Å². The van der Waals surface area contributed by atoms with Crippen LogP contribution in [0.2, 0.25) is 0 Å². The van der Waals surface area contributed by atoms with Gasteiger partial charge in [-0.3, -0.25) is 0 Å². The van der Waals surface area contributed by atoms with E-state index < -0.39 is 0 Å². The molecule has 0 aliphatic rings. The van der Waals surface area contributed by atoms with Gasteiger partial charge in [0.15, 0.2) is 0 Å². The second kappa shape index (κ2) is 9.94. The van der Waals surface area contributed by atoms with E-state index in [1.54, 1.807) is 12.1 Å². The van der Waals surface area contributed by atoms with Gasteiger partial charge in [-0.05, 0) is 23.8 Å². The van der Waals surface area contributed by atoms with E-state index in [1.807, 2.05) is 24.3 Å². The Balaban J connectivity index is 1.81. The summed E-state index contributed by atoms with van der Waals surface area (Å²) in [6.07, 6.45) is 0. The molecule has 2 rings (SSSR count). The van der Waals surface area contributed by atoms with E-state index in [9.17, 15) is 4.39 Å². The van der Waals surface area contributed by atoms with Crippen LogP contribution in [0.5, 0.6) is 5.75 Å². The summed E-state index contributed by atoms with van der Waals surface area (Å²) in [5.74, 6) is 0.558. The van der Waals surface area contributed by atoms with Crippen LogP contribution in [0.3, 0.4) is 0 Å². The molecule has 2 aromatic carbocycles. The van der Waals surface area contributed by atoms with Crippen molar-refractivity contribution < 1.29 is 19.0 Å². The fraction of sp³-hybridized carbons (Fsp3) is 0.333. The molecule has 0 amide bonds. The van der Waals surface area contributed by atoms with Crippen LogP contribution < -0.4 is 10.1 Å². The molecule has 0 spiro atoms. The third kappa shape index (κ3) is 6.36. The SMILES string of the molecule is OCCOCCNCc1ccccc1OCc1ccc(F)cc1. The van der Waals surface area contributed by atoms with Gasteiger partial charge >= 0.3 is 0 Å². The average molecular weight is 319 g/mol. The molecule has 0 bridgehead atoms. The minimum Gasteiger partial charge on any atom is -0.489 e. The van der Waals surface area contributed by atoms with E-state index in [0.29, 0.717) is 32.9 Å². The molecule has 0 aliphatic heterocycles. The highest BCUT2D eigenvalue weighted by Crippen LogP contribution is 2.19. The van der Waals surface area contributed by atoms with Crippen LogP contribution >= 0.6 is 0 Å². The molecular formula is C18H22FNO3. The zero-order chi connectivity index (χ0) is 16.3. The van der Waals surface area contributed by atoms with Gasteiger partial charge in [0.1, 0.15) is 18.2 Å². The molecule has 0 radical (unpaired) electrons. The number of para-hydroxylation sites is 1. The van der Waals surface area contributed by atoms with Gasteiger partial charge in [-0.2, -0.15) is 0 Å². The van der Waals surface area contributed by atoms with Crippen molar-refractivity contribution >= 4 is 0 Å². The minimum absolute atomic E-state index is 0.0417. The lowest BCUT2D eigenvalue weighted by Gasteiger charge is -2.12. The van der Waals surface area contributed by atoms with Gasteiger partial charge in [0.05, 0.1) is 19.8 Å². The Labute approximate surface area is 135 Å². The maximum atomic E-state index is 12.9. The Hall–Kier alpha value is -1.95. The summed E-state index contributed by atoms with van der Waals surface area (Å²) in [5, 5.41) is 11.9. The molecule has 23 heavy (non-hydrogen) atoms. The number of ether oxygens (including phenoxy) is 2. The number of hydrogen-bond acceptors (Lipinski definition) is 4. The van der Waals surface area contributed by atoms with Crippen LogP contribution in [0.4, 0.5) is 4.39 Å². The van der Waals surface area contributed by atoms with Crippen LogP contribution in [0.1, 0.15) is 11.1 Å². The fourth-order valence-electron chi connectivity index (χ4n) is 2.07. The molecule has 0 atom stereocenters. The molecule has 0 heterocycles. The predicted octanol–water partition coefficient (Wildman–Crippen LogP) is 2.50. The quantitative estimate of drug-likeness (QED) is 0.661. The fourth-order valence-corrected chi connectivity index (χ4v) is 2.07. The van der Waals surface area contributed by atoms with Crippen molar-refractivity contribution in [2.75, 3.05) is 26.4 Å². The maximum absolute atomic E-state index is 12.9. The lowest BCUT2D eigenvalue weighted by molar-refractivity contribution is 0.0937. The summed E-state index contributed by atoms with van der Waals surface area (Å²) in [7, 11) is 0. The Morgan fingerprint density at radius 3 is 2.57 bits per heavy atom. The summed E-state index contributed by atoms with van der Waals surface area (Å²) in [5.41, 5.74) is 1.98. The molecule has 0 fully saturated rings. The zero-order valence-corrected chi connectivity index (χ0v) is 13.0. The third-order valence-corrected chi connectivity index (χ3v) is 3.25. The molecule has 0 saturated carbocycles. The number of halogens is 1. The summed E-state index contributed by atoms with van der Waals surface area (Å²) in [6.45, 7) is 2.73. The first-order chi connectivity index (χ1) is 11.3. The van der Waals surface area contributed by atoms with Crippen LogP contribution in [0.25, 0.3) is 0 Å². The van der Waals surface area contributed by atoms with Crippen molar-refractivity contribution in [3.63, 3.8) is 0 Å². The minimum atomic E-state index is -0.248. The highest BCUT2D eigenvalue weighted by Gasteiger charge is 2.03. The van der Waals surface area contributed by atoms with E-state index in [2.05, 4.69) is 5.32 Å². The van der Waals surface area contributed by atoms with Crippen molar-refractivity contribution in [3.05, 3.63) is 65.5 Å². The first-order valence-electron chi connectivity index (χ1n) is 7.64. The second-order valence-corrected chi connectivity index (χ2v) is 5.04. The molecule has 4 nitrogen and oxygen atoms in total. The van der Waals surface area contributed by atoms with Gasteiger partial charge in [0.2, 0.25) is 0 Å². The summed E-state index contributed by atoms with van der Waals surface area (Å²) in [4.78, 5) is 0. The number of aliphatic hydroxyl groups is 1. The highest BCUT2D eigenvalue weighted by atomic mass is 19.1. The Morgan fingerprint density at radius 1 is 1.00 bits per heavy atom. The predicted molar refractivity (Wildman–Crippen MR) is 86.8 cm³/mol. The highest BCUT2D eigenvalue weighted by molar-refractivity contribution is 5.33. The van der Waals surface area contributed by atoms with Crippen LogP contribution in [-0.2, 0) is 17.9 Å². The van der Waals surface area contributed by atoms with E-state index in [4.69, 9.17) is 14.6 Å². The van der Waals surface area contributed by atoms with Crippen LogP contribution in [-0.4, -0.2) is 31.5 Å². The first-order valence-corrected chi connectivity index (χ1v) is 7.64. The van der Waals surface area contributed by atoms with Gasteiger partial charge in [-0.15, -0.1) is 0 Å². The number of rotatable bonds is 10. The second-order valence-electron chi connectivity index (χ2n) is 5.04. The lowest BCUT2D eigenvalue weighted by Crippen LogP contribution is -2.20. The normalized spacial score (nSPS) is 10.7. The summed E-state index contributed by atoms with van der Waals surface area (Å²) >= 11 is 0. The van der Waals surface area contributed by atoms with Crippen LogP contribution in [0.15, 0.2) is 48.5 Å². The van der Waals surface area contributed by atoms with Gasteiger partial charge < -0.3 is 19.9 Å². The van der Waals surface area contributed by atoms with Gasteiger partial charge in [-0.25, -0.2) is 4.39 Å². The van der Waals surface area contributed by atoms with E-state index in [1.165, 1.54) is 12.1 Å². The lowest BCUT2D eigenvalue weighted by atomic mass is 10.2. The standard InChI is InChI=1S/C18H22FNO3/c19-17-7-5-15(6-8-17)14-23-18-4-2-1-3-16(18)13-20-9-11-22-12-10-21/h1-8,20-21H,9-14H2. The topological polar surface area (TPSA) is 50.7 Å². The zero-order valence-electron chi connectivity index (χ0n) is 13.0. The van der Waals surface area contributed by atoms with Gasteiger partial charge in [0.25, 0.3) is 0 Å². The third-order valence-electron chi connectivity index (χ3n) is 3.25. The number of benzene rings is 2. The largest absolute Gasteiger partial charge is 0.489 e. The Morgan fingerprint density at radius 2 is 1.78 bits per heavy atom. The molecular weight excluding hydrogens is 297 g/mol. The molecule has 0 aliphatic carbocycles.